The molecule has 0 radical (unpaired) electrons. The van der Waals surface area contributed by atoms with Gasteiger partial charge >= 0.3 is 0 Å². The van der Waals surface area contributed by atoms with Crippen molar-refractivity contribution in [3.63, 3.8) is 0 Å². The third kappa shape index (κ3) is 2.47. The van der Waals surface area contributed by atoms with Gasteiger partial charge in [0.1, 0.15) is 11.3 Å². The zero-order valence-electron chi connectivity index (χ0n) is 10.5. The summed E-state index contributed by atoms with van der Waals surface area (Å²) in [5.74, 6) is -0.729. The second kappa shape index (κ2) is 4.72. The first kappa shape index (κ1) is 12.5. The van der Waals surface area contributed by atoms with Crippen molar-refractivity contribution in [2.75, 3.05) is 0 Å². The van der Waals surface area contributed by atoms with E-state index in [1.54, 1.807) is 0 Å². The first-order chi connectivity index (χ1) is 8.47. The van der Waals surface area contributed by atoms with E-state index in [0.717, 1.165) is 22.2 Å². The molecule has 2 rings (SSSR count). The highest BCUT2D eigenvalue weighted by atomic mass is 19.1. The van der Waals surface area contributed by atoms with Crippen LogP contribution in [0.5, 0.6) is 0 Å². The van der Waals surface area contributed by atoms with Crippen molar-refractivity contribution < 1.29 is 9.18 Å². The number of aryl methyl sites for hydroxylation is 3. The van der Waals surface area contributed by atoms with E-state index in [9.17, 15) is 9.18 Å². The molecular formula is C14H15FN2O. The van der Waals surface area contributed by atoms with Gasteiger partial charge in [-0.05, 0) is 49.6 Å². The Morgan fingerprint density at radius 3 is 2.72 bits per heavy atom. The van der Waals surface area contributed by atoms with Crippen LogP contribution in [0.1, 0.15) is 23.2 Å². The van der Waals surface area contributed by atoms with Gasteiger partial charge in [0, 0.05) is 17.5 Å². The topological polar surface area (TPSA) is 56.0 Å². The summed E-state index contributed by atoms with van der Waals surface area (Å²) < 4.78 is 14.0. The fourth-order valence-corrected chi connectivity index (χ4v) is 2.08. The van der Waals surface area contributed by atoms with Gasteiger partial charge in [0.05, 0.1) is 0 Å². The molecule has 18 heavy (non-hydrogen) atoms. The van der Waals surface area contributed by atoms with Gasteiger partial charge < -0.3 is 5.73 Å². The maximum absolute atomic E-state index is 14.0. The standard InChI is InChI=1S/C14H15FN2O/c1-8-5-9(2)17-14-11(8)6-10(7-12(14)15)3-4-13(16)18/h5-7H,3-4H2,1-2H3,(H2,16,18). The molecule has 1 amide bonds. The van der Waals surface area contributed by atoms with Crippen LogP contribution in [0.25, 0.3) is 10.9 Å². The molecule has 4 heteroatoms. The summed E-state index contributed by atoms with van der Waals surface area (Å²) in [6, 6.07) is 5.22. The highest BCUT2D eigenvalue weighted by Gasteiger charge is 2.09. The second-order valence-electron chi connectivity index (χ2n) is 4.52. The number of fused-ring (bicyclic) bond motifs is 1. The van der Waals surface area contributed by atoms with Gasteiger partial charge in [0.2, 0.25) is 5.91 Å². The van der Waals surface area contributed by atoms with Gasteiger partial charge in [-0.25, -0.2) is 4.39 Å². The van der Waals surface area contributed by atoms with Crippen LogP contribution < -0.4 is 5.73 Å². The molecule has 1 aromatic heterocycles. The molecule has 3 nitrogen and oxygen atoms in total. The molecule has 0 saturated carbocycles. The van der Waals surface area contributed by atoms with E-state index < -0.39 is 0 Å². The van der Waals surface area contributed by atoms with E-state index in [2.05, 4.69) is 4.98 Å². The lowest BCUT2D eigenvalue weighted by Gasteiger charge is -2.07. The normalized spacial score (nSPS) is 10.8. The molecule has 1 aromatic carbocycles. The third-order valence-corrected chi connectivity index (χ3v) is 2.92. The zero-order chi connectivity index (χ0) is 13.3. The molecule has 0 aliphatic heterocycles. The monoisotopic (exact) mass is 246 g/mol. The zero-order valence-corrected chi connectivity index (χ0v) is 10.5. The van der Waals surface area contributed by atoms with Gasteiger partial charge in [-0.3, -0.25) is 9.78 Å². The number of rotatable bonds is 3. The van der Waals surface area contributed by atoms with Gasteiger partial charge in [-0.1, -0.05) is 0 Å². The molecule has 0 unspecified atom stereocenters. The largest absolute Gasteiger partial charge is 0.370 e. The predicted molar refractivity (Wildman–Crippen MR) is 68.7 cm³/mol. The summed E-state index contributed by atoms with van der Waals surface area (Å²) in [5.41, 5.74) is 8.03. The number of benzene rings is 1. The molecular weight excluding hydrogens is 231 g/mol. The Labute approximate surface area is 105 Å². The highest BCUT2D eigenvalue weighted by molar-refractivity contribution is 5.83. The number of primary amides is 1. The van der Waals surface area contributed by atoms with Crippen LogP contribution in [0.3, 0.4) is 0 Å². The molecule has 0 spiro atoms. The van der Waals surface area contributed by atoms with E-state index in [-0.39, 0.29) is 18.1 Å². The average molecular weight is 246 g/mol. The van der Waals surface area contributed by atoms with Crippen LogP contribution >= 0.6 is 0 Å². The van der Waals surface area contributed by atoms with Gasteiger partial charge in [-0.2, -0.15) is 0 Å². The molecule has 1 heterocycles. The van der Waals surface area contributed by atoms with Crippen molar-refractivity contribution in [1.82, 2.24) is 4.98 Å². The van der Waals surface area contributed by atoms with Crippen LogP contribution in [0, 0.1) is 19.7 Å². The number of hydrogen-bond acceptors (Lipinski definition) is 2. The number of pyridine rings is 1. The Balaban J connectivity index is 2.51. The molecule has 2 N–H and O–H groups in total. The van der Waals surface area contributed by atoms with Crippen LogP contribution in [-0.4, -0.2) is 10.9 Å². The number of aromatic nitrogens is 1. The van der Waals surface area contributed by atoms with Gasteiger partial charge in [0.25, 0.3) is 0 Å². The minimum absolute atomic E-state index is 0.225. The lowest BCUT2D eigenvalue weighted by molar-refractivity contribution is -0.117. The third-order valence-electron chi connectivity index (χ3n) is 2.92. The fraction of sp³-hybridized carbons (Fsp3) is 0.286. The van der Waals surface area contributed by atoms with Crippen LogP contribution in [0.4, 0.5) is 4.39 Å². The van der Waals surface area contributed by atoms with E-state index in [1.807, 2.05) is 26.0 Å². The molecule has 0 fully saturated rings. The highest BCUT2D eigenvalue weighted by Crippen LogP contribution is 2.23. The first-order valence-electron chi connectivity index (χ1n) is 5.82. The van der Waals surface area contributed by atoms with E-state index in [4.69, 9.17) is 5.73 Å². The lowest BCUT2D eigenvalue weighted by Crippen LogP contribution is -2.11. The maximum Gasteiger partial charge on any atom is 0.217 e. The number of carbonyl (C=O) groups excluding carboxylic acids is 1. The molecule has 0 aliphatic carbocycles. The summed E-state index contributed by atoms with van der Waals surface area (Å²) in [6.45, 7) is 3.77. The van der Waals surface area contributed by atoms with Crippen molar-refractivity contribution in [3.05, 3.63) is 40.8 Å². The lowest BCUT2D eigenvalue weighted by atomic mass is 10.0. The SMILES string of the molecule is Cc1cc(C)c2cc(CCC(N)=O)cc(F)c2n1. The summed E-state index contributed by atoms with van der Waals surface area (Å²) in [5, 5.41) is 0.792. The summed E-state index contributed by atoms with van der Waals surface area (Å²) in [4.78, 5) is 15.0. The number of hydrogen-bond donors (Lipinski definition) is 1. The van der Waals surface area contributed by atoms with Crippen LogP contribution in [-0.2, 0) is 11.2 Å². The van der Waals surface area contributed by atoms with Gasteiger partial charge in [0.15, 0.2) is 0 Å². The van der Waals surface area contributed by atoms with Crippen LogP contribution in [0.2, 0.25) is 0 Å². The van der Waals surface area contributed by atoms with Gasteiger partial charge in [-0.15, -0.1) is 0 Å². The second-order valence-corrected chi connectivity index (χ2v) is 4.52. The molecule has 94 valence electrons. The number of amides is 1. The molecule has 0 saturated heterocycles. The quantitative estimate of drug-likeness (QED) is 0.904. The number of nitrogens with two attached hydrogens (primary N) is 1. The van der Waals surface area contributed by atoms with Crippen molar-refractivity contribution in [2.24, 2.45) is 5.73 Å². The molecule has 2 aromatic rings. The fourth-order valence-electron chi connectivity index (χ4n) is 2.08. The van der Waals surface area contributed by atoms with Crippen molar-refractivity contribution in [2.45, 2.75) is 26.7 Å². The number of nitrogens with zero attached hydrogens (tertiary/aromatic N) is 1. The summed E-state index contributed by atoms with van der Waals surface area (Å²) in [6.07, 6.45) is 0.679. The Kier molecular flexibility index (Phi) is 3.28. The van der Waals surface area contributed by atoms with E-state index in [0.29, 0.717) is 11.9 Å². The summed E-state index contributed by atoms with van der Waals surface area (Å²) >= 11 is 0. The maximum atomic E-state index is 14.0. The van der Waals surface area contributed by atoms with E-state index in [1.165, 1.54) is 6.07 Å². The first-order valence-corrected chi connectivity index (χ1v) is 5.82. The smallest absolute Gasteiger partial charge is 0.217 e. The molecule has 0 bridgehead atoms. The number of halogens is 1. The number of carbonyl (C=O) groups is 1. The van der Waals surface area contributed by atoms with Crippen molar-refractivity contribution in [1.29, 1.82) is 0 Å². The molecule has 0 atom stereocenters. The Morgan fingerprint density at radius 1 is 1.33 bits per heavy atom. The van der Waals surface area contributed by atoms with Crippen molar-refractivity contribution in [3.8, 4) is 0 Å². The minimum Gasteiger partial charge on any atom is -0.370 e. The Bertz CT molecular complexity index is 623. The minimum atomic E-state index is -0.380. The Morgan fingerprint density at radius 2 is 2.06 bits per heavy atom. The van der Waals surface area contributed by atoms with Crippen LogP contribution in [0.15, 0.2) is 18.2 Å². The Hall–Kier alpha value is -1.97. The predicted octanol–water partition coefficient (Wildman–Crippen LogP) is 2.41. The average Bonchev–Trinajstić information content (AvgIpc) is 2.28. The van der Waals surface area contributed by atoms with Crippen molar-refractivity contribution >= 4 is 16.8 Å². The summed E-state index contributed by atoms with van der Waals surface area (Å²) in [7, 11) is 0. The van der Waals surface area contributed by atoms with E-state index >= 15 is 0 Å². The molecule has 0 aliphatic rings.